The third-order valence-electron chi connectivity index (χ3n) is 3.97. The van der Waals surface area contributed by atoms with E-state index in [0.29, 0.717) is 12.1 Å². The van der Waals surface area contributed by atoms with Crippen LogP contribution in [0.15, 0.2) is 36.8 Å². The molecular formula is C16H21N3. The molecule has 3 heteroatoms. The SMILES string of the molecule is CC(C)n1cncc1CNC1CCc2ccccc21. The highest BCUT2D eigenvalue weighted by Crippen LogP contribution is 2.30. The van der Waals surface area contributed by atoms with E-state index in [1.54, 1.807) is 0 Å². The molecule has 0 bridgehead atoms. The number of fused-ring (bicyclic) bond motifs is 1. The monoisotopic (exact) mass is 255 g/mol. The molecule has 3 rings (SSSR count). The second-order valence-corrected chi connectivity index (χ2v) is 5.56. The van der Waals surface area contributed by atoms with Crippen molar-refractivity contribution >= 4 is 0 Å². The van der Waals surface area contributed by atoms with E-state index in [9.17, 15) is 0 Å². The quantitative estimate of drug-likeness (QED) is 0.909. The predicted octanol–water partition coefficient (Wildman–Crippen LogP) is 3.24. The minimum absolute atomic E-state index is 0.468. The predicted molar refractivity (Wildman–Crippen MR) is 77.0 cm³/mol. The van der Waals surface area contributed by atoms with Crippen LogP contribution in [0, 0.1) is 0 Å². The Hall–Kier alpha value is -1.61. The fourth-order valence-corrected chi connectivity index (χ4v) is 2.93. The van der Waals surface area contributed by atoms with Crippen LogP contribution in [0.5, 0.6) is 0 Å². The van der Waals surface area contributed by atoms with Gasteiger partial charge in [-0.1, -0.05) is 24.3 Å². The Labute approximate surface area is 114 Å². The van der Waals surface area contributed by atoms with E-state index < -0.39 is 0 Å². The van der Waals surface area contributed by atoms with E-state index in [0.717, 1.165) is 6.54 Å². The maximum atomic E-state index is 4.26. The molecule has 19 heavy (non-hydrogen) atoms. The molecule has 0 saturated heterocycles. The van der Waals surface area contributed by atoms with Gasteiger partial charge in [-0.3, -0.25) is 0 Å². The summed E-state index contributed by atoms with van der Waals surface area (Å²) < 4.78 is 2.23. The van der Waals surface area contributed by atoms with Crippen molar-refractivity contribution in [3.63, 3.8) is 0 Å². The summed E-state index contributed by atoms with van der Waals surface area (Å²) in [6.45, 7) is 5.27. The smallest absolute Gasteiger partial charge is 0.0951 e. The maximum absolute atomic E-state index is 4.26. The van der Waals surface area contributed by atoms with Crippen molar-refractivity contribution in [1.82, 2.24) is 14.9 Å². The first-order valence-electron chi connectivity index (χ1n) is 7.07. The molecule has 1 atom stereocenters. The van der Waals surface area contributed by atoms with Crippen molar-refractivity contribution < 1.29 is 0 Å². The maximum Gasteiger partial charge on any atom is 0.0951 e. The number of hydrogen-bond donors (Lipinski definition) is 1. The molecule has 2 aromatic rings. The highest BCUT2D eigenvalue weighted by molar-refractivity contribution is 5.34. The molecule has 0 spiro atoms. The summed E-state index contributed by atoms with van der Waals surface area (Å²) in [6.07, 6.45) is 6.28. The molecule has 0 saturated carbocycles. The van der Waals surface area contributed by atoms with Crippen molar-refractivity contribution in [3.8, 4) is 0 Å². The molecule has 1 N–H and O–H groups in total. The average Bonchev–Trinajstić information content (AvgIpc) is 3.03. The van der Waals surface area contributed by atoms with Crippen molar-refractivity contribution in [3.05, 3.63) is 53.6 Å². The minimum atomic E-state index is 0.468. The third-order valence-corrected chi connectivity index (χ3v) is 3.97. The first-order chi connectivity index (χ1) is 9.25. The van der Waals surface area contributed by atoms with Crippen LogP contribution in [0.2, 0.25) is 0 Å². The molecule has 1 heterocycles. The number of aromatic nitrogens is 2. The number of rotatable bonds is 4. The van der Waals surface area contributed by atoms with Crippen molar-refractivity contribution in [1.29, 1.82) is 0 Å². The lowest BCUT2D eigenvalue weighted by atomic mass is 10.1. The zero-order chi connectivity index (χ0) is 13.2. The van der Waals surface area contributed by atoms with Crippen molar-refractivity contribution in [2.45, 2.75) is 45.3 Å². The Morgan fingerprint density at radius 3 is 3.05 bits per heavy atom. The number of hydrogen-bond acceptors (Lipinski definition) is 2. The fraction of sp³-hybridized carbons (Fsp3) is 0.438. The van der Waals surface area contributed by atoms with E-state index in [1.165, 1.54) is 29.7 Å². The lowest BCUT2D eigenvalue weighted by Crippen LogP contribution is -2.21. The largest absolute Gasteiger partial charge is 0.331 e. The van der Waals surface area contributed by atoms with Gasteiger partial charge in [-0.05, 0) is 37.8 Å². The van der Waals surface area contributed by atoms with Gasteiger partial charge >= 0.3 is 0 Å². The molecule has 100 valence electrons. The number of benzene rings is 1. The molecule has 0 radical (unpaired) electrons. The van der Waals surface area contributed by atoms with Crippen LogP contribution in [0.25, 0.3) is 0 Å². The van der Waals surface area contributed by atoms with Gasteiger partial charge in [-0.2, -0.15) is 0 Å². The molecule has 0 fully saturated rings. The minimum Gasteiger partial charge on any atom is -0.331 e. The summed E-state index contributed by atoms with van der Waals surface area (Å²) in [6, 6.07) is 9.73. The lowest BCUT2D eigenvalue weighted by Gasteiger charge is -2.16. The van der Waals surface area contributed by atoms with Crippen LogP contribution in [-0.4, -0.2) is 9.55 Å². The van der Waals surface area contributed by atoms with Gasteiger partial charge in [-0.25, -0.2) is 4.98 Å². The lowest BCUT2D eigenvalue weighted by molar-refractivity contribution is 0.496. The fourth-order valence-electron chi connectivity index (χ4n) is 2.93. The van der Waals surface area contributed by atoms with Crippen LogP contribution in [-0.2, 0) is 13.0 Å². The molecule has 0 amide bonds. The van der Waals surface area contributed by atoms with Crippen LogP contribution in [0.4, 0.5) is 0 Å². The van der Waals surface area contributed by atoms with Gasteiger partial charge in [-0.15, -0.1) is 0 Å². The number of nitrogens with zero attached hydrogens (tertiary/aromatic N) is 2. The molecule has 1 aromatic carbocycles. The summed E-state index contributed by atoms with van der Waals surface area (Å²) in [7, 11) is 0. The zero-order valence-corrected chi connectivity index (χ0v) is 11.6. The number of aryl methyl sites for hydroxylation is 1. The zero-order valence-electron chi connectivity index (χ0n) is 11.6. The van der Waals surface area contributed by atoms with Gasteiger partial charge < -0.3 is 9.88 Å². The normalized spacial score (nSPS) is 17.9. The summed E-state index contributed by atoms with van der Waals surface area (Å²) in [5, 5.41) is 3.67. The summed E-state index contributed by atoms with van der Waals surface area (Å²) in [5.41, 5.74) is 4.23. The molecule has 1 aliphatic carbocycles. The molecule has 1 unspecified atom stereocenters. The van der Waals surface area contributed by atoms with Gasteiger partial charge in [0.1, 0.15) is 0 Å². The third kappa shape index (κ3) is 2.43. The summed E-state index contributed by atoms with van der Waals surface area (Å²) in [4.78, 5) is 4.26. The molecule has 3 nitrogen and oxygen atoms in total. The van der Waals surface area contributed by atoms with Gasteiger partial charge in [0, 0.05) is 24.8 Å². The van der Waals surface area contributed by atoms with Gasteiger partial charge in [0.25, 0.3) is 0 Å². The van der Waals surface area contributed by atoms with E-state index in [4.69, 9.17) is 0 Å². The number of imidazole rings is 1. The van der Waals surface area contributed by atoms with Crippen molar-refractivity contribution in [2.75, 3.05) is 0 Å². The Morgan fingerprint density at radius 1 is 1.37 bits per heavy atom. The summed E-state index contributed by atoms with van der Waals surface area (Å²) in [5.74, 6) is 0. The first-order valence-corrected chi connectivity index (χ1v) is 7.07. The molecule has 0 aliphatic heterocycles. The highest BCUT2D eigenvalue weighted by atomic mass is 15.1. The Bertz CT molecular complexity index is 557. The van der Waals surface area contributed by atoms with Crippen LogP contribution < -0.4 is 5.32 Å². The Morgan fingerprint density at radius 2 is 2.21 bits per heavy atom. The van der Waals surface area contributed by atoms with Crippen molar-refractivity contribution in [2.24, 2.45) is 0 Å². The topological polar surface area (TPSA) is 29.9 Å². The first kappa shape index (κ1) is 12.4. The second kappa shape index (κ2) is 5.17. The Balaban J connectivity index is 1.69. The van der Waals surface area contributed by atoms with Gasteiger partial charge in [0.15, 0.2) is 0 Å². The van der Waals surface area contributed by atoms with E-state index >= 15 is 0 Å². The molecule has 1 aliphatic rings. The average molecular weight is 255 g/mol. The van der Waals surface area contributed by atoms with Crippen LogP contribution >= 0.6 is 0 Å². The van der Waals surface area contributed by atoms with E-state index in [1.807, 2.05) is 12.5 Å². The summed E-state index contributed by atoms with van der Waals surface area (Å²) >= 11 is 0. The van der Waals surface area contributed by atoms with Gasteiger partial charge in [0.2, 0.25) is 0 Å². The van der Waals surface area contributed by atoms with Crippen LogP contribution in [0.3, 0.4) is 0 Å². The molecular weight excluding hydrogens is 234 g/mol. The van der Waals surface area contributed by atoms with Gasteiger partial charge in [0.05, 0.1) is 12.0 Å². The number of nitrogens with one attached hydrogen (secondary N) is 1. The van der Waals surface area contributed by atoms with E-state index in [2.05, 4.69) is 53.0 Å². The Kier molecular flexibility index (Phi) is 3.38. The standard InChI is InChI=1S/C16H21N3/c1-12(2)19-11-17-9-14(19)10-18-16-8-7-13-5-3-4-6-15(13)16/h3-6,9,11-12,16,18H,7-8,10H2,1-2H3. The van der Waals surface area contributed by atoms with Crippen LogP contribution in [0.1, 0.15) is 49.2 Å². The second-order valence-electron chi connectivity index (χ2n) is 5.56. The highest BCUT2D eigenvalue weighted by Gasteiger charge is 2.21. The van der Waals surface area contributed by atoms with E-state index in [-0.39, 0.29) is 0 Å². The molecule has 1 aromatic heterocycles.